The lowest BCUT2D eigenvalue weighted by atomic mass is 10.3. The summed E-state index contributed by atoms with van der Waals surface area (Å²) in [5.74, 6) is -1.84. The molecule has 0 radical (unpaired) electrons. The Kier molecular flexibility index (Phi) is 8.42. The Hall–Kier alpha value is -3.66. The Labute approximate surface area is 200 Å². The quantitative estimate of drug-likeness (QED) is 0.447. The van der Waals surface area contributed by atoms with Crippen LogP contribution < -0.4 is 10.6 Å². The fourth-order valence-electron chi connectivity index (χ4n) is 3.07. The van der Waals surface area contributed by atoms with Crippen molar-refractivity contribution in [3.63, 3.8) is 0 Å². The summed E-state index contributed by atoms with van der Waals surface area (Å²) in [5.41, 5.74) is 3.27. The number of hydrogen-bond acceptors (Lipinski definition) is 6. The van der Waals surface area contributed by atoms with Gasteiger partial charge >= 0.3 is 5.97 Å². The van der Waals surface area contributed by atoms with Gasteiger partial charge in [-0.3, -0.25) is 14.4 Å². The molecule has 0 spiro atoms. The number of rotatable bonds is 9. The predicted molar refractivity (Wildman–Crippen MR) is 130 cm³/mol. The van der Waals surface area contributed by atoms with Gasteiger partial charge in [0.05, 0.1) is 28.5 Å². The number of hydrogen-bond donors (Lipinski definition) is 2. The van der Waals surface area contributed by atoms with Crippen molar-refractivity contribution in [3.8, 4) is 5.69 Å². The number of aryl methyl sites for hydroxylation is 1. The van der Waals surface area contributed by atoms with E-state index in [0.717, 1.165) is 23.1 Å². The number of esters is 1. The molecular weight excluding hydrogens is 459 g/mol. The highest BCUT2D eigenvalue weighted by molar-refractivity contribution is 8.01. The second-order valence-corrected chi connectivity index (χ2v) is 8.79. The smallest absolute Gasteiger partial charge is 0.319 e. The molecule has 2 amide bonds. The van der Waals surface area contributed by atoms with Crippen LogP contribution in [0.5, 0.6) is 0 Å². The van der Waals surface area contributed by atoms with E-state index in [1.54, 1.807) is 18.5 Å². The maximum Gasteiger partial charge on any atom is 0.319 e. The molecule has 3 rings (SSSR count). The SMILES string of the molecule is Cc1nn(-c2ccccc2)c(C)c1NC(=O)COC(=O)[C@H](C)SCC(=O)Nc1ccc(F)cc1. The predicted octanol–water partition coefficient (Wildman–Crippen LogP) is 3.87. The molecule has 0 aliphatic rings. The van der Waals surface area contributed by atoms with Gasteiger partial charge in [0.15, 0.2) is 6.61 Å². The lowest BCUT2D eigenvalue weighted by Gasteiger charge is -2.12. The summed E-state index contributed by atoms with van der Waals surface area (Å²) in [7, 11) is 0. The molecule has 0 aliphatic heterocycles. The first-order chi connectivity index (χ1) is 16.2. The first-order valence-corrected chi connectivity index (χ1v) is 11.5. The standard InChI is InChI=1S/C24H25FN4O4S/c1-15-23(16(2)29(28-15)20-7-5-4-6-8-20)27-21(30)13-33-24(32)17(3)34-14-22(31)26-19-11-9-18(25)10-12-19/h4-12,17H,13-14H2,1-3H3,(H,26,31)(H,27,30)/t17-/m0/s1. The average molecular weight is 485 g/mol. The van der Waals surface area contributed by atoms with Crippen molar-refractivity contribution in [2.75, 3.05) is 23.0 Å². The molecule has 2 N–H and O–H groups in total. The summed E-state index contributed by atoms with van der Waals surface area (Å²) in [6.45, 7) is 4.75. The Morgan fingerprint density at radius 3 is 2.38 bits per heavy atom. The lowest BCUT2D eigenvalue weighted by Crippen LogP contribution is -2.26. The number of carbonyl (C=O) groups excluding carboxylic acids is 3. The van der Waals surface area contributed by atoms with Gasteiger partial charge in [-0.1, -0.05) is 18.2 Å². The van der Waals surface area contributed by atoms with Crippen LogP contribution in [0, 0.1) is 19.7 Å². The largest absolute Gasteiger partial charge is 0.455 e. The number of ether oxygens (including phenoxy) is 1. The second kappa shape index (κ2) is 11.5. The normalized spacial score (nSPS) is 11.5. The zero-order valence-electron chi connectivity index (χ0n) is 19.0. The van der Waals surface area contributed by atoms with Crippen LogP contribution in [-0.2, 0) is 19.1 Å². The molecule has 0 saturated carbocycles. The summed E-state index contributed by atoms with van der Waals surface area (Å²) in [4.78, 5) is 36.6. The summed E-state index contributed by atoms with van der Waals surface area (Å²) >= 11 is 1.07. The molecule has 0 fully saturated rings. The van der Waals surface area contributed by atoms with Crippen molar-refractivity contribution >= 4 is 40.9 Å². The number of anilines is 2. The number of nitrogens with one attached hydrogen (secondary N) is 2. The minimum absolute atomic E-state index is 0.00308. The first kappa shape index (κ1) is 25.0. The Bertz CT molecular complexity index is 1170. The van der Waals surface area contributed by atoms with E-state index < -0.39 is 29.6 Å². The fourth-order valence-corrected chi connectivity index (χ4v) is 3.75. The molecule has 1 aromatic heterocycles. The van der Waals surface area contributed by atoms with Crippen LogP contribution >= 0.6 is 11.8 Å². The molecule has 34 heavy (non-hydrogen) atoms. The average Bonchev–Trinajstić information content (AvgIpc) is 3.11. The molecule has 0 saturated heterocycles. The molecule has 8 nitrogen and oxygen atoms in total. The summed E-state index contributed by atoms with van der Waals surface area (Å²) in [6.07, 6.45) is 0. The van der Waals surface area contributed by atoms with E-state index >= 15 is 0 Å². The number of carbonyl (C=O) groups is 3. The first-order valence-electron chi connectivity index (χ1n) is 10.5. The third-order valence-electron chi connectivity index (χ3n) is 4.83. The molecule has 0 aliphatic carbocycles. The van der Waals surface area contributed by atoms with Gasteiger partial charge in [-0.15, -0.1) is 11.8 Å². The minimum Gasteiger partial charge on any atom is -0.455 e. The lowest BCUT2D eigenvalue weighted by molar-refractivity contribution is -0.146. The van der Waals surface area contributed by atoms with Gasteiger partial charge in [-0.2, -0.15) is 5.10 Å². The fraction of sp³-hybridized carbons (Fsp3) is 0.250. The van der Waals surface area contributed by atoms with E-state index in [9.17, 15) is 18.8 Å². The van der Waals surface area contributed by atoms with Gasteiger partial charge in [0.25, 0.3) is 5.91 Å². The van der Waals surface area contributed by atoms with Crippen LogP contribution in [0.15, 0.2) is 54.6 Å². The van der Waals surface area contributed by atoms with Crippen molar-refractivity contribution in [2.45, 2.75) is 26.0 Å². The van der Waals surface area contributed by atoms with E-state index in [1.165, 1.54) is 24.3 Å². The van der Waals surface area contributed by atoms with Crippen LogP contribution in [0.2, 0.25) is 0 Å². The molecular formula is C24H25FN4O4S. The second-order valence-electron chi connectivity index (χ2n) is 7.46. The highest BCUT2D eigenvalue weighted by atomic mass is 32.2. The number of benzene rings is 2. The van der Waals surface area contributed by atoms with Crippen molar-refractivity contribution < 1.29 is 23.5 Å². The monoisotopic (exact) mass is 484 g/mol. The maximum absolute atomic E-state index is 12.9. The number of amides is 2. The van der Waals surface area contributed by atoms with E-state index in [1.807, 2.05) is 37.3 Å². The number of aromatic nitrogens is 2. The van der Waals surface area contributed by atoms with Gasteiger partial charge in [-0.25, -0.2) is 9.07 Å². The van der Waals surface area contributed by atoms with Gasteiger partial charge in [-0.05, 0) is 57.2 Å². The van der Waals surface area contributed by atoms with Crippen LogP contribution in [0.4, 0.5) is 15.8 Å². The highest BCUT2D eigenvalue weighted by Crippen LogP contribution is 2.22. The van der Waals surface area contributed by atoms with Gasteiger partial charge in [0, 0.05) is 5.69 Å². The van der Waals surface area contributed by atoms with Crippen LogP contribution in [0.3, 0.4) is 0 Å². The Morgan fingerprint density at radius 2 is 1.71 bits per heavy atom. The van der Waals surface area contributed by atoms with E-state index in [0.29, 0.717) is 17.1 Å². The Balaban J connectivity index is 1.45. The third kappa shape index (κ3) is 6.67. The van der Waals surface area contributed by atoms with Crippen molar-refractivity contribution in [2.24, 2.45) is 0 Å². The van der Waals surface area contributed by atoms with Gasteiger partial charge in [0.1, 0.15) is 11.1 Å². The zero-order chi connectivity index (χ0) is 24.7. The van der Waals surface area contributed by atoms with Crippen molar-refractivity contribution in [3.05, 3.63) is 71.8 Å². The molecule has 10 heteroatoms. The van der Waals surface area contributed by atoms with Crippen molar-refractivity contribution in [1.29, 1.82) is 0 Å². The van der Waals surface area contributed by atoms with E-state index in [-0.39, 0.29) is 11.7 Å². The third-order valence-corrected chi connectivity index (χ3v) is 5.95. The molecule has 1 atom stereocenters. The topological polar surface area (TPSA) is 102 Å². The molecule has 2 aromatic carbocycles. The number of thioether (sulfide) groups is 1. The highest BCUT2D eigenvalue weighted by Gasteiger charge is 2.20. The Morgan fingerprint density at radius 1 is 1.03 bits per heavy atom. The zero-order valence-corrected chi connectivity index (χ0v) is 19.8. The van der Waals surface area contributed by atoms with E-state index in [2.05, 4.69) is 15.7 Å². The molecule has 178 valence electrons. The van der Waals surface area contributed by atoms with Crippen LogP contribution in [0.25, 0.3) is 5.69 Å². The van der Waals surface area contributed by atoms with E-state index in [4.69, 9.17) is 4.74 Å². The molecule has 0 bridgehead atoms. The maximum atomic E-state index is 12.9. The van der Waals surface area contributed by atoms with Gasteiger partial charge < -0.3 is 15.4 Å². The minimum atomic E-state index is -0.656. The summed E-state index contributed by atoms with van der Waals surface area (Å²) in [6, 6.07) is 14.9. The van der Waals surface area contributed by atoms with Gasteiger partial charge in [0.2, 0.25) is 5.91 Å². The number of para-hydroxylation sites is 1. The van der Waals surface area contributed by atoms with Crippen LogP contribution in [-0.4, -0.2) is 45.2 Å². The molecule has 1 heterocycles. The number of halogens is 1. The molecule has 3 aromatic rings. The van der Waals surface area contributed by atoms with Crippen LogP contribution in [0.1, 0.15) is 18.3 Å². The number of nitrogens with zero attached hydrogens (tertiary/aromatic N) is 2. The molecule has 0 unspecified atom stereocenters. The summed E-state index contributed by atoms with van der Waals surface area (Å²) < 4.78 is 19.8. The summed E-state index contributed by atoms with van der Waals surface area (Å²) in [5, 5.41) is 9.17. The van der Waals surface area contributed by atoms with Crippen molar-refractivity contribution in [1.82, 2.24) is 9.78 Å².